The average molecular weight is 277 g/mol. The molecule has 0 bridgehead atoms. The SMILES string of the molecule is CCN(C(=O)CCOCC(C)C)c1ccc(C)cc1C. The molecule has 3 nitrogen and oxygen atoms in total. The zero-order valence-corrected chi connectivity index (χ0v) is 13.4. The second-order valence-corrected chi connectivity index (χ2v) is 5.65. The summed E-state index contributed by atoms with van der Waals surface area (Å²) in [5, 5.41) is 0. The number of hydrogen-bond donors (Lipinski definition) is 0. The molecule has 0 radical (unpaired) electrons. The van der Waals surface area contributed by atoms with Crippen molar-refractivity contribution in [3.05, 3.63) is 29.3 Å². The molecule has 0 aliphatic rings. The van der Waals surface area contributed by atoms with Crippen molar-refractivity contribution >= 4 is 11.6 Å². The summed E-state index contributed by atoms with van der Waals surface area (Å²) >= 11 is 0. The first kappa shape index (κ1) is 16.7. The van der Waals surface area contributed by atoms with Crippen LogP contribution in [0.2, 0.25) is 0 Å². The van der Waals surface area contributed by atoms with E-state index >= 15 is 0 Å². The van der Waals surface area contributed by atoms with Gasteiger partial charge in [0, 0.05) is 18.8 Å². The molecule has 0 saturated heterocycles. The van der Waals surface area contributed by atoms with Gasteiger partial charge in [-0.05, 0) is 38.3 Å². The maximum atomic E-state index is 12.3. The topological polar surface area (TPSA) is 29.5 Å². The van der Waals surface area contributed by atoms with Gasteiger partial charge in [-0.15, -0.1) is 0 Å². The first-order valence-electron chi connectivity index (χ1n) is 7.41. The molecule has 0 N–H and O–H groups in total. The minimum atomic E-state index is 0.128. The molecule has 1 aromatic rings. The quantitative estimate of drug-likeness (QED) is 0.711. The summed E-state index contributed by atoms with van der Waals surface area (Å²) in [6.07, 6.45) is 0.438. The first-order chi connectivity index (χ1) is 9.45. The summed E-state index contributed by atoms with van der Waals surface area (Å²) in [5.74, 6) is 0.634. The number of carbonyl (C=O) groups excluding carboxylic acids is 1. The summed E-state index contributed by atoms with van der Waals surface area (Å²) in [6.45, 7) is 12.2. The zero-order valence-electron chi connectivity index (χ0n) is 13.4. The van der Waals surface area contributed by atoms with E-state index in [1.54, 1.807) is 0 Å². The molecule has 0 aromatic heterocycles. The normalized spacial score (nSPS) is 10.9. The molecule has 0 aliphatic carbocycles. The van der Waals surface area contributed by atoms with Gasteiger partial charge in [0.05, 0.1) is 13.0 Å². The zero-order chi connectivity index (χ0) is 15.1. The molecule has 0 fully saturated rings. The van der Waals surface area contributed by atoms with Gasteiger partial charge < -0.3 is 9.64 Å². The Kier molecular flexibility index (Phi) is 6.73. The second-order valence-electron chi connectivity index (χ2n) is 5.65. The number of hydrogen-bond acceptors (Lipinski definition) is 2. The monoisotopic (exact) mass is 277 g/mol. The Morgan fingerprint density at radius 1 is 1.30 bits per heavy atom. The van der Waals surface area contributed by atoms with E-state index in [0.29, 0.717) is 32.1 Å². The van der Waals surface area contributed by atoms with Crippen molar-refractivity contribution in [3.8, 4) is 0 Å². The van der Waals surface area contributed by atoms with Gasteiger partial charge in [0.1, 0.15) is 0 Å². The standard InChI is InChI=1S/C17H27NO2/c1-6-18(16-8-7-14(4)11-15(16)5)17(19)9-10-20-12-13(2)3/h7-8,11,13H,6,9-10,12H2,1-5H3. The van der Waals surface area contributed by atoms with Crippen LogP contribution >= 0.6 is 0 Å². The maximum Gasteiger partial charge on any atom is 0.229 e. The highest BCUT2D eigenvalue weighted by Crippen LogP contribution is 2.21. The van der Waals surface area contributed by atoms with Gasteiger partial charge in [0.2, 0.25) is 5.91 Å². The number of benzene rings is 1. The van der Waals surface area contributed by atoms with Crippen LogP contribution in [0.1, 0.15) is 38.3 Å². The molecule has 0 saturated carbocycles. The van der Waals surface area contributed by atoms with E-state index in [4.69, 9.17) is 4.74 Å². The van der Waals surface area contributed by atoms with Gasteiger partial charge in [-0.25, -0.2) is 0 Å². The van der Waals surface area contributed by atoms with Crippen LogP contribution in [0.3, 0.4) is 0 Å². The van der Waals surface area contributed by atoms with Gasteiger partial charge in [-0.2, -0.15) is 0 Å². The summed E-state index contributed by atoms with van der Waals surface area (Å²) < 4.78 is 5.50. The Morgan fingerprint density at radius 2 is 2.00 bits per heavy atom. The van der Waals surface area contributed by atoms with Crippen LogP contribution in [0.25, 0.3) is 0 Å². The molecular weight excluding hydrogens is 250 g/mol. The Bertz CT molecular complexity index is 441. The van der Waals surface area contributed by atoms with Crippen LogP contribution in [0.4, 0.5) is 5.69 Å². The molecule has 1 aromatic carbocycles. The van der Waals surface area contributed by atoms with Gasteiger partial charge >= 0.3 is 0 Å². The lowest BCUT2D eigenvalue weighted by molar-refractivity contribution is -0.119. The average Bonchev–Trinajstić information content (AvgIpc) is 2.37. The lowest BCUT2D eigenvalue weighted by atomic mass is 10.1. The number of aryl methyl sites for hydroxylation is 2. The molecule has 1 amide bonds. The van der Waals surface area contributed by atoms with Crippen molar-refractivity contribution in [2.45, 2.75) is 41.0 Å². The van der Waals surface area contributed by atoms with Crippen molar-refractivity contribution in [3.63, 3.8) is 0 Å². The molecule has 0 aliphatic heterocycles. The maximum absolute atomic E-state index is 12.3. The fraction of sp³-hybridized carbons (Fsp3) is 0.588. The van der Waals surface area contributed by atoms with Crippen LogP contribution in [0.15, 0.2) is 18.2 Å². The Hall–Kier alpha value is -1.35. The van der Waals surface area contributed by atoms with Gasteiger partial charge in [-0.3, -0.25) is 4.79 Å². The third-order valence-corrected chi connectivity index (χ3v) is 3.17. The van der Waals surface area contributed by atoms with Crippen molar-refractivity contribution in [2.75, 3.05) is 24.7 Å². The van der Waals surface area contributed by atoms with E-state index in [1.807, 2.05) is 30.9 Å². The molecule has 20 heavy (non-hydrogen) atoms. The van der Waals surface area contributed by atoms with Crippen molar-refractivity contribution in [1.82, 2.24) is 0 Å². The minimum Gasteiger partial charge on any atom is -0.381 e. The molecule has 0 atom stereocenters. The number of ether oxygens (including phenoxy) is 1. The van der Waals surface area contributed by atoms with E-state index in [2.05, 4.69) is 26.8 Å². The number of carbonyl (C=O) groups is 1. The molecule has 0 heterocycles. The number of nitrogens with zero attached hydrogens (tertiary/aromatic N) is 1. The van der Waals surface area contributed by atoms with E-state index < -0.39 is 0 Å². The van der Waals surface area contributed by atoms with Gasteiger partial charge in [0.25, 0.3) is 0 Å². The highest BCUT2D eigenvalue weighted by molar-refractivity contribution is 5.94. The number of amides is 1. The lowest BCUT2D eigenvalue weighted by Gasteiger charge is -2.23. The third-order valence-electron chi connectivity index (χ3n) is 3.17. The Labute approximate surface area is 122 Å². The summed E-state index contributed by atoms with van der Waals surface area (Å²) in [6, 6.07) is 6.19. The second kappa shape index (κ2) is 8.05. The van der Waals surface area contributed by atoms with Crippen LogP contribution in [0.5, 0.6) is 0 Å². The molecule has 1 rings (SSSR count). The van der Waals surface area contributed by atoms with Crippen molar-refractivity contribution < 1.29 is 9.53 Å². The van der Waals surface area contributed by atoms with E-state index in [1.165, 1.54) is 5.56 Å². The molecule has 3 heteroatoms. The summed E-state index contributed by atoms with van der Waals surface area (Å²) in [4.78, 5) is 14.1. The van der Waals surface area contributed by atoms with Gasteiger partial charge in [0.15, 0.2) is 0 Å². The Balaban J connectivity index is 2.63. The largest absolute Gasteiger partial charge is 0.381 e. The predicted octanol–water partition coefficient (Wildman–Crippen LogP) is 3.72. The van der Waals surface area contributed by atoms with Crippen LogP contribution in [-0.4, -0.2) is 25.7 Å². The Morgan fingerprint density at radius 3 is 2.55 bits per heavy atom. The lowest BCUT2D eigenvalue weighted by Crippen LogP contribution is -2.32. The highest BCUT2D eigenvalue weighted by atomic mass is 16.5. The van der Waals surface area contributed by atoms with Crippen LogP contribution in [0, 0.1) is 19.8 Å². The fourth-order valence-corrected chi connectivity index (χ4v) is 2.20. The first-order valence-corrected chi connectivity index (χ1v) is 7.41. The van der Waals surface area contributed by atoms with Crippen molar-refractivity contribution in [1.29, 1.82) is 0 Å². The number of anilines is 1. The van der Waals surface area contributed by atoms with E-state index in [0.717, 1.165) is 11.3 Å². The smallest absolute Gasteiger partial charge is 0.229 e. The third kappa shape index (κ3) is 4.97. The van der Waals surface area contributed by atoms with E-state index in [9.17, 15) is 4.79 Å². The minimum absolute atomic E-state index is 0.128. The van der Waals surface area contributed by atoms with Crippen molar-refractivity contribution in [2.24, 2.45) is 5.92 Å². The van der Waals surface area contributed by atoms with Gasteiger partial charge in [-0.1, -0.05) is 31.5 Å². The molecular formula is C17H27NO2. The predicted molar refractivity (Wildman–Crippen MR) is 84.2 cm³/mol. The highest BCUT2D eigenvalue weighted by Gasteiger charge is 2.15. The molecule has 0 unspecified atom stereocenters. The fourth-order valence-electron chi connectivity index (χ4n) is 2.20. The van der Waals surface area contributed by atoms with Crippen LogP contribution in [-0.2, 0) is 9.53 Å². The summed E-state index contributed by atoms with van der Waals surface area (Å²) in [7, 11) is 0. The summed E-state index contributed by atoms with van der Waals surface area (Å²) in [5.41, 5.74) is 3.37. The van der Waals surface area contributed by atoms with Crippen LogP contribution < -0.4 is 4.90 Å². The molecule has 112 valence electrons. The van der Waals surface area contributed by atoms with E-state index in [-0.39, 0.29) is 5.91 Å². The molecule has 0 spiro atoms. The number of rotatable bonds is 7.